The van der Waals surface area contributed by atoms with Gasteiger partial charge in [-0.3, -0.25) is 4.79 Å². The van der Waals surface area contributed by atoms with Gasteiger partial charge in [0.15, 0.2) is 9.84 Å². The number of nitrogens with one attached hydrogen (secondary N) is 1. The molecule has 6 nitrogen and oxygen atoms in total. The highest BCUT2D eigenvalue weighted by molar-refractivity contribution is 7.90. The van der Waals surface area contributed by atoms with Gasteiger partial charge in [-0.05, 0) is 54.4 Å². The summed E-state index contributed by atoms with van der Waals surface area (Å²) in [5, 5.41) is 2.79. The fraction of sp³-hybridized carbons (Fsp3) is 0.316. The number of halogens is 1. The highest BCUT2D eigenvalue weighted by Gasteiger charge is 2.19. The molecule has 2 rings (SSSR count). The second-order valence-corrected chi connectivity index (χ2v) is 8.29. The van der Waals surface area contributed by atoms with Crippen LogP contribution in [0, 0.1) is 5.92 Å². The smallest absolute Gasteiger partial charge is 0.241 e. The number of nitrogens with two attached hydrogens (primary N) is 1. The van der Waals surface area contributed by atoms with Crippen LogP contribution in [0.15, 0.2) is 53.4 Å². The minimum atomic E-state index is -3.23. The molecule has 0 saturated carbocycles. The molecule has 27 heavy (non-hydrogen) atoms. The SMILES string of the molecule is CCC(C)C(N)C(=O)Nc1ccc(Oc2ccc(S(C)(=O)=O)cc2)cc1.Cl. The molecule has 148 valence electrons. The lowest BCUT2D eigenvalue weighted by Gasteiger charge is -2.17. The Labute approximate surface area is 166 Å². The third-order valence-electron chi connectivity index (χ3n) is 4.17. The Morgan fingerprint density at radius 1 is 1.07 bits per heavy atom. The predicted octanol–water partition coefficient (Wildman–Crippen LogP) is 3.62. The van der Waals surface area contributed by atoms with Crippen LogP contribution in [0.5, 0.6) is 11.5 Å². The Bertz CT molecular complexity index is 852. The molecule has 0 fully saturated rings. The molecule has 2 aromatic carbocycles. The Morgan fingerprint density at radius 2 is 1.56 bits per heavy atom. The summed E-state index contributed by atoms with van der Waals surface area (Å²) in [7, 11) is -3.23. The monoisotopic (exact) mass is 412 g/mol. The van der Waals surface area contributed by atoms with E-state index in [0.717, 1.165) is 12.7 Å². The van der Waals surface area contributed by atoms with Crippen molar-refractivity contribution in [1.82, 2.24) is 0 Å². The zero-order valence-corrected chi connectivity index (χ0v) is 17.1. The Balaban J connectivity index is 0.00000364. The number of hydrogen-bond donors (Lipinski definition) is 2. The van der Waals surface area contributed by atoms with Crippen molar-refractivity contribution in [3.63, 3.8) is 0 Å². The number of carbonyl (C=O) groups is 1. The zero-order chi connectivity index (χ0) is 19.3. The largest absolute Gasteiger partial charge is 0.457 e. The summed E-state index contributed by atoms with van der Waals surface area (Å²) < 4.78 is 28.6. The molecule has 0 spiro atoms. The van der Waals surface area contributed by atoms with Gasteiger partial charge in [-0.2, -0.15) is 0 Å². The molecule has 2 atom stereocenters. The van der Waals surface area contributed by atoms with Crippen LogP contribution in [0.2, 0.25) is 0 Å². The highest BCUT2D eigenvalue weighted by Crippen LogP contribution is 2.24. The maximum Gasteiger partial charge on any atom is 0.241 e. The standard InChI is InChI=1S/C19H24N2O4S.ClH/c1-4-13(2)18(20)19(22)21-14-5-7-15(8-6-14)25-16-9-11-17(12-10-16)26(3,23)24;/h5-13,18H,4,20H2,1-3H3,(H,21,22);1H. The molecular formula is C19H25ClN2O4S. The van der Waals surface area contributed by atoms with E-state index in [9.17, 15) is 13.2 Å². The molecule has 2 unspecified atom stereocenters. The summed E-state index contributed by atoms with van der Waals surface area (Å²) in [6, 6.07) is 12.5. The topological polar surface area (TPSA) is 98.5 Å². The van der Waals surface area contributed by atoms with Crippen LogP contribution in [0.4, 0.5) is 5.69 Å². The van der Waals surface area contributed by atoms with Crippen LogP contribution >= 0.6 is 12.4 Å². The number of rotatable bonds is 7. The molecule has 0 saturated heterocycles. The van der Waals surface area contributed by atoms with E-state index in [0.29, 0.717) is 17.2 Å². The summed E-state index contributed by atoms with van der Waals surface area (Å²) in [5.74, 6) is 0.978. The number of ether oxygens (including phenoxy) is 1. The summed E-state index contributed by atoms with van der Waals surface area (Å²) in [5.41, 5.74) is 6.55. The summed E-state index contributed by atoms with van der Waals surface area (Å²) in [4.78, 5) is 12.3. The first-order valence-electron chi connectivity index (χ1n) is 8.35. The van der Waals surface area contributed by atoms with Crippen molar-refractivity contribution in [3.8, 4) is 11.5 Å². The lowest BCUT2D eigenvalue weighted by Crippen LogP contribution is -2.40. The number of carbonyl (C=O) groups excluding carboxylic acids is 1. The molecule has 0 bridgehead atoms. The molecule has 0 aliphatic heterocycles. The van der Waals surface area contributed by atoms with Crippen molar-refractivity contribution in [1.29, 1.82) is 0 Å². The number of benzene rings is 2. The first-order chi connectivity index (χ1) is 12.2. The molecule has 1 amide bonds. The quantitative estimate of drug-likeness (QED) is 0.723. The van der Waals surface area contributed by atoms with Crippen molar-refractivity contribution < 1.29 is 17.9 Å². The lowest BCUT2D eigenvalue weighted by atomic mass is 9.99. The van der Waals surface area contributed by atoms with Crippen molar-refractivity contribution in [2.45, 2.75) is 31.2 Å². The van der Waals surface area contributed by atoms with Gasteiger partial charge in [0, 0.05) is 11.9 Å². The molecule has 0 heterocycles. The van der Waals surface area contributed by atoms with E-state index >= 15 is 0 Å². The third kappa shape index (κ3) is 6.53. The molecule has 0 radical (unpaired) electrons. The molecule has 0 aliphatic rings. The second-order valence-electron chi connectivity index (χ2n) is 6.27. The van der Waals surface area contributed by atoms with Gasteiger partial charge in [-0.1, -0.05) is 20.3 Å². The van der Waals surface area contributed by atoms with Crippen LogP contribution in [0.3, 0.4) is 0 Å². The van der Waals surface area contributed by atoms with E-state index in [1.54, 1.807) is 36.4 Å². The van der Waals surface area contributed by atoms with Gasteiger partial charge < -0.3 is 15.8 Å². The number of hydrogen-bond acceptors (Lipinski definition) is 5. The van der Waals surface area contributed by atoms with Gasteiger partial charge in [0.1, 0.15) is 11.5 Å². The first-order valence-corrected chi connectivity index (χ1v) is 10.2. The Hall–Kier alpha value is -2.09. The number of anilines is 1. The summed E-state index contributed by atoms with van der Waals surface area (Å²) in [6.45, 7) is 3.93. The van der Waals surface area contributed by atoms with Crippen LogP contribution in [0.1, 0.15) is 20.3 Å². The average molecular weight is 413 g/mol. The average Bonchev–Trinajstić information content (AvgIpc) is 2.61. The van der Waals surface area contributed by atoms with Crippen molar-refractivity contribution in [2.75, 3.05) is 11.6 Å². The van der Waals surface area contributed by atoms with E-state index in [4.69, 9.17) is 10.5 Å². The fourth-order valence-corrected chi connectivity index (χ4v) is 2.87. The van der Waals surface area contributed by atoms with Gasteiger partial charge in [0.25, 0.3) is 0 Å². The van der Waals surface area contributed by atoms with Crippen LogP contribution in [-0.2, 0) is 14.6 Å². The van der Waals surface area contributed by atoms with Gasteiger partial charge in [-0.25, -0.2) is 8.42 Å². The van der Waals surface area contributed by atoms with E-state index in [2.05, 4.69) is 5.32 Å². The predicted molar refractivity (Wildman–Crippen MR) is 109 cm³/mol. The lowest BCUT2D eigenvalue weighted by molar-refractivity contribution is -0.118. The maximum absolute atomic E-state index is 12.1. The normalized spacial score (nSPS) is 13.2. The van der Waals surface area contributed by atoms with Gasteiger partial charge in [-0.15, -0.1) is 12.4 Å². The minimum absolute atomic E-state index is 0. The third-order valence-corrected chi connectivity index (χ3v) is 5.30. The number of sulfone groups is 1. The Kier molecular flexibility index (Phi) is 8.27. The van der Waals surface area contributed by atoms with E-state index in [1.807, 2.05) is 13.8 Å². The molecule has 0 aliphatic carbocycles. The van der Waals surface area contributed by atoms with Gasteiger partial charge in [0.05, 0.1) is 10.9 Å². The maximum atomic E-state index is 12.1. The molecule has 0 aromatic heterocycles. The van der Waals surface area contributed by atoms with E-state index in [-0.39, 0.29) is 29.1 Å². The Morgan fingerprint density at radius 3 is 2.00 bits per heavy atom. The van der Waals surface area contributed by atoms with Gasteiger partial charge >= 0.3 is 0 Å². The van der Waals surface area contributed by atoms with Crippen molar-refractivity contribution >= 4 is 33.8 Å². The molecule has 8 heteroatoms. The van der Waals surface area contributed by atoms with Crippen molar-refractivity contribution in [3.05, 3.63) is 48.5 Å². The first kappa shape index (κ1) is 23.0. The summed E-state index contributed by atoms with van der Waals surface area (Å²) in [6.07, 6.45) is 1.99. The van der Waals surface area contributed by atoms with Gasteiger partial charge in [0.2, 0.25) is 5.91 Å². The second kappa shape index (κ2) is 9.73. The summed E-state index contributed by atoms with van der Waals surface area (Å²) >= 11 is 0. The van der Waals surface area contributed by atoms with Crippen LogP contribution in [-0.4, -0.2) is 26.6 Å². The zero-order valence-electron chi connectivity index (χ0n) is 15.5. The molecular weight excluding hydrogens is 388 g/mol. The minimum Gasteiger partial charge on any atom is -0.457 e. The molecule has 2 aromatic rings. The van der Waals surface area contributed by atoms with Crippen LogP contribution in [0.25, 0.3) is 0 Å². The fourth-order valence-electron chi connectivity index (χ4n) is 2.24. The number of amides is 1. The van der Waals surface area contributed by atoms with E-state index < -0.39 is 15.9 Å². The highest BCUT2D eigenvalue weighted by atomic mass is 35.5. The van der Waals surface area contributed by atoms with Crippen LogP contribution < -0.4 is 15.8 Å². The van der Waals surface area contributed by atoms with Crippen molar-refractivity contribution in [2.24, 2.45) is 11.7 Å². The molecule has 3 N–H and O–H groups in total. The van der Waals surface area contributed by atoms with E-state index in [1.165, 1.54) is 12.1 Å².